The van der Waals surface area contributed by atoms with E-state index >= 15 is 0 Å². The largest absolute Gasteiger partial charge is 0.573 e. The van der Waals surface area contributed by atoms with Crippen molar-refractivity contribution < 1.29 is 28.5 Å². The number of hydrogen-bond donors (Lipinski definition) is 2. The number of para-hydroxylation sites is 1. The van der Waals surface area contributed by atoms with Crippen molar-refractivity contribution in [3.05, 3.63) is 71.8 Å². The van der Waals surface area contributed by atoms with Crippen LogP contribution in [0.5, 0.6) is 5.75 Å². The summed E-state index contributed by atoms with van der Waals surface area (Å²) in [5, 5.41) is 13.5. The lowest BCUT2D eigenvalue weighted by molar-refractivity contribution is -0.274. The van der Waals surface area contributed by atoms with E-state index in [0.29, 0.717) is 11.4 Å². The maximum Gasteiger partial charge on any atom is 0.573 e. The molecule has 0 fully saturated rings. The monoisotopic (exact) mass is 365 g/mol. The average Bonchev–Trinajstić information content (AvgIpc) is 2.92. The zero-order valence-electron chi connectivity index (χ0n) is 13.2. The SMILES string of the molecule is O.OC1=C2C=Cc3ccccc3N2NN1c1ccc(OC(F)(F)F)cc1. The minimum atomic E-state index is -4.74. The van der Waals surface area contributed by atoms with Crippen LogP contribution in [-0.2, 0) is 0 Å². The van der Waals surface area contributed by atoms with E-state index < -0.39 is 6.36 Å². The Bertz CT molecular complexity index is 879. The number of alkyl halides is 3. The summed E-state index contributed by atoms with van der Waals surface area (Å²) in [5.41, 5.74) is 5.83. The third-order valence-electron chi connectivity index (χ3n) is 3.81. The quantitative estimate of drug-likeness (QED) is 0.854. The van der Waals surface area contributed by atoms with Gasteiger partial charge in [-0.25, -0.2) is 5.01 Å². The topological polar surface area (TPSA) is 79.5 Å². The Morgan fingerprint density at radius 3 is 2.31 bits per heavy atom. The van der Waals surface area contributed by atoms with Crippen molar-refractivity contribution in [1.82, 2.24) is 5.53 Å². The summed E-state index contributed by atoms with van der Waals surface area (Å²) >= 11 is 0. The maximum atomic E-state index is 12.2. The molecule has 0 atom stereocenters. The molecule has 2 aliphatic rings. The number of benzene rings is 2. The molecule has 0 aromatic heterocycles. The Labute approximate surface area is 146 Å². The van der Waals surface area contributed by atoms with Gasteiger partial charge in [0.05, 0.1) is 11.4 Å². The third kappa shape index (κ3) is 3.05. The first kappa shape index (κ1) is 17.6. The van der Waals surface area contributed by atoms with Gasteiger partial charge in [0.1, 0.15) is 11.4 Å². The van der Waals surface area contributed by atoms with Crippen LogP contribution in [0.1, 0.15) is 5.56 Å². The fraction of sp³-hybridized carbons (Fsp3) is 0.0588. The first-order chi connectivity index (χ1) is 11.9. The fourth-order valence-corrected chi connectivity index (χ4v) is 2.73. The highest BCUT2D eigenvalue weighted by molar-refractivity contribution is 5.78. The first-order valence-electron chi connectivity index (χ1n) is 7.35. The van der Waals surface area contributed by atoms with Gasteiger partial charge in [0.25, 0.3) is 0 Å². The second-order valence-electron chi connectivity index (χ2n) is 5.41. The minimum absolute atomic E-state index is 0. The summed E-state index contributed by atoms with van der Waals surface area (Å²) in [6, 6.07) is 12.8. The van der Waals surface area contributed by atoms with Crippen LogP contribution < -0.4 is 20.3 Å². The normalized spacial score (nSPS) is 15.5. The fourth-order valence-electron chi connectivity index (χ4n) is 2.73. The van der Waals surface area contributed by atoms with Gasteiger partial charge in [-0.1, -0.05) is 24.3 Å². The first-order valence-corrected chi connectivity index (χ1v) is 7.35. The Balaban J connectivity index is 0.00000196. The van der Waals surface area contributed by atoms with Crippen molar-refractivity contribution in [1.29, 1.82) is 0 Å². The van der Waals surface area contributed by atoms with E-state index in [4.69, 9.17) is 0 Å². The lowest BCUT2D eigenvalue weighted by atomic mass is 10.1. The molecule has 0 amide bonds. The minimum Gasteiger partial charge on any atom is -0.492 e. The summed E-state index contributed by atoms with van der Waals surface area (Å²) in [7, 11) is 0. The third-order valence-corrected chi connectivity index (χ3v) is 3.81. The number of rotatable bonds is 2. The molecule has 0 radical (unpaired) electrons. The van der Waals surface area contributed by atoms with Crippen LogP contribution in [0.3, 0.4) is 0 Å². The molecule has 0 bridgehead atoms. The molecule has 2 aliphatic heterocycles. The van der Waals surface area contributed by atoms with E-state index in [1.54, 1.807) is 11.1 Å². The van der Waals surface area contributed by atoms with Crippen molar-refractivity contribution in [2.45, 2.75) is 6.36 Å². The van der Waals surface area contributed by atoms with Gasteiger partial charge in [-0.2, -0.15) is 0 Å². The van der Waals surface area contributed by atoms with Gasteiger partial charge >= 0.3 is 6.36 Å². The van der Waals surface area contributed by atoms with Gasteiger partial charge in [0, 0.05) is 0 Å². The lowest BCUT2D eigenvalue weighted by Gasteiger charge is -2.26. The number of hydrazine groups is 2. The number of halogens is 3. The average molecular weight is 365 g/mol. The van der Waals surface area contributed by atoms with E-state index in [2.05, 4.69) is 10.3 Å². The molecule has 6 nitrogen and oxygen atoms in total. The second kappa shape index (κ2) is 6.28. The molecule has 9 heteroatoms. The smallest absolute Gasteiger partial charge is 0.492 e. The molecule has 0 spiro atoms. The highest BCUT2D eigenvalue weighted by Gasteiger charge is 2.33. The highest BCUT2D eigenvalue weighted by Crippen LogP contribution is 2.36. The van der Waals surface area contributed by atoms with E-state index in [1.807, 2.05) is 30.3 Å². The number of ether oxygens (including phenoxy) is 1. The molecule has 136 valence electrons. The van der Waals surface area contributed by atoms with Crippen molar-refractivity contribution in [3.63, 3.8) is 0 Å². The molecule has 2 heterocycles. The summed E-state index contributed by atoms with van der Waals surface area (Å²) < 4.78 is 40.6. The molecular formula is C17H14F3N3O3. The Kier molecular flexibility index (Phi) is 4.26. The molecular weight excluding hydrogens is 351 g/mol. The van der Waals surface area contributed by atoms with Crippen LogP contribution in [-0.4, -0.2) is 16.9 Å². The zero-order valence-corrected chi connectivity index (χ0v) is 13.2. The van der Waals surface area contributed by atoms with Crippen LogP contribution >= 0.6 is 0 Å². The van der Waals surface area contributed by atoms with Gasteiger partial charge in [-0.15, -0.1) is 18.7 Å². The van der Waals surface area contributed by atoms with E-state index in [1.165, 1.54) is 29.3 Å². The molecule has 2 aromatic carbocycles. The Morgan fingerprint density at radius 2 is 1.62 bits per heavy atom. The summed E-state index contributed by atoms with van der Waals surface area (Å²) in [4.78, 5) is 0. The standard InChI is InChI=1S/C17H12F3N3O2.H2O/c18-17(19,20)25-13-8-6-12(7-9-13)22-16(24)15-10-5-11-3-1-2-4-14(11)23(15)21-22;/h1-10,21,24H;1H2. The molecule has 4 rings (SSSR count). The second-order valence-corrected chi connectivity index (χ2v) is 5.41. The molecule has 0 saturated heterocycles. The van der Waals surface area contributed by atoms with Crippen LogP contribution in [0.25, 0.3) is 6.08 Å². The molecule has 0 unspecified atom stereocenters. The van der Waals surface area contributed by atoms with Crippen molar-refractivity contribution >= 4 is 17.5 Å². The number of aliphatic hydroxyl groups is 1. The van der Waals surface area contributed by atoms with E-state index in [9.17, 15) is 18.3 Å². The van der Waals surface area contributed by atoms with Crippen molar-refractivity contribution in [2.24, 2.45) is 0 Å². The van der Waals surface area contributed by atoms with Crippen LogP contribution in [0.15, 0.2) is 66.2 Å². The number of nitrogens with zero attached hydrogens (tertiary/aromatic N) is 2. The van der Waals surface area contributed by atoms with E-state index in [-0.39, 0.29) is 17.1 Å². The van der Waals surface area contributed by atoms with Crippen molar-refractivity contribution in [2.75, 3.05) is 10.0 Å². The molecule has 4 N–H and O–H groups in total. The van der Waals surface area contributed by atoms with Crippen LogP contribution in [0, 0.1) is 0 Å². The summed E-state index contributed by atoms with van der Waals surface area (Å²) in [6.45, 7) is 0. The molecule has 0 aliphatic carbocycles. The van der Waals surface area contributed by atoms with Crippen molar-refractivity contribution in [3.8, 4) is 5.75 Å². The molecule has 2 aromatic rings. The number of fused-ring (bicyclic) bond motifs is 3. The number of allylic oxidation sites excluding steroid dienone is 1. The number of hydrogen-bond acceptors (Lipinski definition) is 5. The molecule has 26 heavy (non-hydrogen) atoms. The van der Waals surface area contributed by atoms with Gasteiger partial charge in [-0.3, -0.25) is 5.01 Å². The lowest BCUT2D eigenvalue weighted by Crippen LogP contribution is -2.42. The molecule has 0 saturated carbocycles. The Hall–Kier alpha value is -3.17. The number of nitrogens with one attached hydrogen (secondary N) is 1. The van der Waals surface area contributed by atoms with Gasteiger partial charge in [0.15, 0.2) is 0 Å². The predicted molar refractivity (Wildman–Crippen MR) is 90.0 cm³/mol. The number of anilines is 2. The number of aliphatic hydroxyl groups excluding tert-OH is 1. The summed E-state index contributed by atoms with van der Waals surface area (Å²) in [5.74, 6) is -0.388. The predicted octanol–water partition coefficient (Wildman–Crippen LogP) is 3.26. The zero-order chi connectivity index (χ0) is 17.6. The van der Waals surface area contributed by atoms with Gasteiger partial charge < -0.3 is 15.3 Å². The van der Waals surface area contributed by atoms with E-state index in [0.717, 1.165) is 11.3 Å². The Morgan fingerprint density at radius 1 is 0.923 bits per heavy atom. The summed E-state index contributed by atoms with van der Waals surface area (Å²) in [6.07, 6.45) is -1.11. The van der Waals surface area contributed by atoms with Gasteiger partial charge in [-0.05, 0) is 42.0 Å². The highest BCUT2D eigenvalue weighted by atomic mass is 19.4. The van der Waals surface area contributed by atoms with Crippen LogP contribution in [0.4, 0.5) is 24.5 Å². The van der Waals surface area contributed by atoms with Crippen LogP contribution in [0.2, 0.25) is 0 Å². The maximum absolute atomic E-state index is 12.2. The van der Waals surface area contributed by atoms with Gasteiger partial charge in [0.2, 0.25) is 5.88 Å².